The number of hydrogen-bond acceptors (Lipinski definition) is 7. The lowest BCUT2D eigenvalue weighted by molar-refractivity contribution is -0.115. The van der Waals surface area contributed by atoms with Crippen LogP contribution in [0.3, 0.4) is 0 Å². The standard InChI is InChI=1S/C21H17ClN4O2S2/c1-13-2-8-16(9-3-13)23-18(27)10-19-24-17(11-29-19)12-30-21-26-25-20(28-21)14-4-6-15(22)7-5-14/h2-9,11H,10,12H2,1H3,(H,23,27). The van der Waals surface area contributed by atoms with Gasteiger partial charge in [-0.15, -0.1) is 21.5 Å². The molecule has 0 atom stereocenters. The SMILES string of the molecule is Cc1ccc(NC(=O)Cc2nc(CSc3nnc(-c4ccc(Cl)cc4)o3)cs2)cc1. The van der Waals surface area contributed by atoms with E-state index in [2.05, 4.69) is 20.5 Å². The smallest absolute Gasteiger partial charge is 0.277 e. The number of carbonyl (C=O) groups excluding carboxylic acids is 1. The minimum absolute atomic E-state index is 0.0862. The molecule has 0 saturated carbocycles. The minimum atomic E-state index is -0.0862. The Balaban J connectivity index is 1.30. The van der Waals surface area contributed by atoms with Crippen LogP contribution in [0.1, 0.15) is 16.3 Å². The van der Waals surface area contributed by atoms with Crippen molar-refractivity contribution >= 4 is 46.3 Å². The van der Waals surface area contributed by atoms with E-state index < -0.39 is 0 Å². The number of nitrogens with zero attached hydrogens (tertiary/aromatic N) is 3. The summed E-state index contributed by atoms with van der Waals surface area (Å²) < 4.78 is 5.69. The molecule has 6 nitrogen and oxygen atoms in total. The van der Waals surface area contributed by atoms with E-state index in [1.165, 1.54) is 23.1 Å². The van der Waals surface area contributed by atoms with Crippen molar-refractivity contribution in [1.29, 1.82) is 0 Å². The van der Waals surface area contributed by atoms with Gasteiger partial charge in [0.2, 0.25) is 11.8 Å². The summed E-state index contributed by atoms with van der Waals surface area (Å²) in [5.41, 5.74) is 3.62. The van der Waals surface area contributed by atoms with Crippen LogP contribution in [0, 0.1) is 6.92 Å². The Bertz CT molecular complexity index is 1140. The first-order chi connectivity index (χ1) is 14.5. The quantitative estimate of drug-likeness (QED) is 0.363. The van der Waals surface area contributed by atoms with Crippen molar-refractivity contribution in [3.8, 4) is 11.5 Å². The van der Waals surface area contributed by atoms with E-state index in [0.29, 0.717) is 21.9 Å². The maximum Gasteiger partial charge on any atom is 0.277 e. The van der Waals surface area contributed by atoms with Gasteiger partial charge in [-0.25, -0.2) is 4.98 Å². The molecule has 2 aromatic carbocycles. The summed E-state index contributed by atoms with van der Waals surface area (Å²) in [5, 5.41) is 14.8. The first kappa shape index (κ1) is 20.6. The van der Waals surface area contributed by atoms with Gasteiger partial charge in [0.15, 0.2) is 0 Å². The summed E-state index contributed by atoms with van der Waals surface area (Å²) in [6, 6.07) is 14.9. The van der Waals surface area contributed by atoms with Crippen molar-refractivity contribution in [1.82, 2.24) is 15.2 Å². The Labute approximate surface area is 186 Å². The molecule has 0 aliphatic heterocycles. The molecule has 0 unspecified atom stereocenters. The number of hydrogen-bond donors (Lipinski definition) is 1. The van der Waals surface area contributed by atoms with E-state index in [4.69, 9.17) is 16.0 Å². The molecule has 0 aliphatic carbocycles. The largest absolute Gasteiger partial charge is 0.411 e. The molecule has 0 spiro atoms. The zero-order chi connectivity index (χ0) is 20.9. The second-order valence-corrected chi connectivity index (χ2v) is 8.80. The predicted octanol–water partition coefficient (Wildman–Crippen LogP) is 5.63. The molecule has 0 radical (unpaired) electrons. The Morgan fingerprint density at radius 1 is 1.13 bits per heavy atom. The van der Waals surface area contributed by atoms with Crippen LogP contribution >= 0.6 is 34.7 Å². The van der Waals surface area contributed by atoms with Crippen molar-refractivity contribution in [3.63, 3.8) is 0 Å². The maximum atomic E-state index is 12.2. The summed E-state index contributed by atoms with van der Waals surface area (Å²) in [6.45, 7) is 2.01. The van der Waals surface area contributed by atoms with Gasteiger partial charge in [0.1, 0.15) is 5.01 Å². The van der Waals surface area contributed by atoms with Crippen LogP contribution in [0.25, 0.3) is 11.5 Å². The van der Waals surface area contributed by atoms with Gasteiger partial charge in [0.25, 0.3) is 5.22 Å². The van der Waals surface area contributed by atoms with E-state index >= 15 is 0 Å². The monoisotopic (exact) mass is 456 g/mol. The number of rotatable bonds is 7. The Kier molecular flexibility index (Phi) is 6.47. The molecule has 4 rings (SSSR count). The molecule has 152 valence electrons. The third-order valence-corrected chi connectivity index (χ3v) is 6.09. The van der Waals surface area contributed by atoms with Gasteiger partial charge < -0.3 is 9.73 Å². The number of carbonyl (C=O) groups is 1. The molecule has 1 N–H and O–H groups in total. The third-order valence-electron chi connectivity index (χ3n) is 4.09. The number of thioether (sulfide) groups is 1. The summed E-state index contributed by atoms with van der Waals surface area (Å²) in [5.74, 6) is 0.941. The summed E-state index contributed by atoms with van der Waals surface area (Å²) >= 11 is 8.77. The van der Waals surface area contributed by atoms with Gasteiger partial charge in [-0.05, 0) is 43.3 Å². The van der Waals surface area contributed by atoms with Crippen LogP contribution in [0.2, 0.25) is 5.02 Å². The average Bonchev–Trinajstić information content (AvgIpc) is 3.38. The van der Waals surface area contributed by atoms with Crippen molar-refractivity contribution in [2.75, 3.05) is 5.32 Å². The van der Waals surface area contributed by atoms with Gasteiger partial charge in [0, 0.05) is 27.4 Å². The highest BCUT2D eigenvalue weighted by Crippen LogP contribution is 2.27. The Morgan fingerprint density at radius 3 is 2.67 bits per heavy atom. The second kappa shape index (κ2) is 9.42. The fourth-order valence-corrected chi connectivity index (χ4v) is 4.27. The molecule has 0 fully saturated rings. The molecule has 0 saturated heterocycles. The molecule has 0 aliphatic rings. The van der Waals surface area contributed by atoms with E-state index in [1.807, 2.05) is 48.7 Å². The molecule has 30 heavy (non-hydrogen) atoms. The number of nitrogens with one attached hydrogen (secondary N) is 1. The number of aryl methyl sites for hydroxylation is 1. The van der Waals surface area contributed by atoms with Gasteiger partial charge in [0.05, 0.1) is 12.1 Å². The van der Waals surface area contributed by atoms with Crippen LogP contribution in [-0.2, 0) is 17.0 Å². The first-order valence-corrected chi connectivity index (χ1v) is 11.3. The van der Waals surface area contributed by atoms with E-state index in [0.717, 1.165) is 27.5 Å². The number of aromatic nitrogens is 3. The highest BCUT2D eigenvalue weighted by Gasteiger charge is 2.12. The maximum absolute atomic E-state index is 12.2. The lowest BCUT2D eigenvalue weighted by atomic mass is 10.2. The first-order valence-electron chi connectivity index (χ1n) is 9.07. The minimum Gasteiger partial charge on any atom is -0.411 e. The molecule has 9 heteroatoms. The number of anilines is 1. The van der Waals surface area contributed by atoms with Crippen LogP contribution in [0.4, 0.5) is 5.69 Å². The molecule has 1 amide bonds. The topological polar surface area (TPSA) is 80.9 Å². The molecular weight excluding hydrogens is 440 g/mol. The van der Waals surface area contributed by atoms with Crippen molar-refractivity contribution < 1.29 is 9.21 Å². The summed E-state index contributed by atoms with van der Waals surface area (Å²) in [7, 11) is 0. The van der Waals surface area contributed by atoms with Crippen molar-refractivity contribution in [2.45, 2.75) is 24.3 Å². The van der Waals surface area contributed by atoms with Crippen LogP contribution < -0.4 is 5.32 Å². The van der Waals surface area contributed by atoms with E-state index in [9.17, 15) is 4.79 Å². The molecule has 2 aromatic heterocycles. The number of halogens is 1. The molecule has 0 bridgehead atoms. The van der Waals surface area contributed by atoms with Crippen molar-refractivity contribution in [2.24, 2.45) is 0 Å². The lowest BCUT2D eigenvalue weighted by Gasteiger charge is -2.04. The Hall–Kier alpha value is -2.68. The Morgan fingerprint density at radius 2 is 1.90 bits per heavy atom. The number of benzene rings is 2. The summed E-state index contributed by atoms with van der Waals surface area (Å²) in [4.78, 5) is 16.8. The average molecular weight is 457 g/mol. The zero-order valence-corrected chi connectivity index (χ0v) is 18.4. The van der Waals surface area contributed by atoms with Crippen LogP contribution in [-0.4, -0.2) is 21.1 Å². The third kappa shape index (κ3) is 5.47. The highest BCUT2D eigenvalue weighted by atomic mass is 35.5. The number of thiazole rings is 1. The van der Waals surface area contributed by atoms with Gasteiger partial charge >= 0.3 is 0 Å². The molecule has 2 heterocycles. The lowest BCUT2D eigenvalue weighted by Crippen LogP contribution is -2.14. The van der Waals surface area contributed by atoms with Crippen molar-refractivity contribution in [3.05, 3.63) is 75.2 Å². The highest BCUT2D eigenvalue weighted by molar-refractivity contribution is 7.98. The second-order valence-electron chi connectivity index (χ2n) is 6.49. The van der Waals surface area contributed by atoms with E-state index in [-0.39, 0.29) is 12.3 Å². The summed E-state index contributed by atoms with van der Waals surface area (Å²) in [6.07, 6.45) is 0.241. The van der Waals surface area contributed by atoms with Gasteiger partial charge in [-0.3, -0.25) is 4.79 Å². The van der Waals surface area contributed by atoms with Gasteiger partial charge in [-0.2, -0.15) is 0 Å². The fourth-order valence-electron chi connectivity index (χ4n) is 2.59. The zero-order valence-electron chi connectivity index (χ0n) is 16.0. The fraction of sp³-hybridized carbons (Fsp3) is 0.143. The normalized spacial score (nSPS) is 10.9. The number of amides is 1. The predicted molar refractivity (Wildman–Crippen MR) is 120 cm³/mol. The van der Waals surface area contributed by atoms with Crippen LogP contribution in [0.15, 0.2) is 63.6 Å². The van der Waals surface area contributed by atoms with Gasteiger partial charge in [-0.1, -0.05) is 41.1 Å². The van der Waals surface area contributed by atoms with Crippen LogP contribution in [0.5, 0.6) is 0 Å². The molecule has 4 aromatic rings. The molecular formula is C21H17ClN4O2S2. The van der Waals surface area contributed by atoms with E-state index in [1.54, 1.807) is 12.1 Å².